The Morgan fingerprint density at radius 1 is 1.28 bits per heavy atom. The molecule has 3 rings (SSSR count). The molecule has 1 aliphatic rings. The molecule has 132 valence electrons. The Hall–Kier alpha value is -2.74. The van der Waals surface area contributed by atoms with E-state index in [-0.39, 0.29) is 25.0 Å². The number of hydrogen-bond donors (Lipinski definition) is 2. The topological polar surface area (TPSA) is 109 Å². The van der Waals surface area contributed by atoms with E-state index in [9.17, 15) is 9.59 Å². The third-order valence-corrected chi connectivity index (χ3v) is 4.16. The molecule has 1 fully saturated rings. The predicted octanol–water partition coefficient (Wildman–Crippen LogP) is 1.46. The number of benzene rings is 1. The maximum absolute atomic E-state index is 11.9. The lowest BCUT2D eigenvalue weighted by Crippen LogP contribution is -2.42. The molecule has 1 saturated heterocycles. The summed E-state index contributed by atoms with van der Waals surface area (Å²) in [4.78, 5) is 28.9. The molecule has 1 aliphatic heterocycles. The maximum atomic E-state index is 11.9. The molecule has 8 heteroatoms. The van der Waals surface area contributed by atoms with Crippen LogP contribution < -0.4 is 5.32 Å². The molecule has 1 unspecified atom stereocenters. The molecule has 1 aromatic carbocycles. The number of carbonyl (C=O) groups is 2. The van der Waals surface area contributed by atoms with Crippen LogP contribution in [0.4, 0.5) is 0 Å². The van der Waals surface area contributed by atoms with Crippen molar-refractivity contribution in [1.29, 1.82) is 0 Å². The van der Waals surface area contributed by atoms with Gasteiger partial charge >= 0.3 is 5.97 Å². The summed E-state index contributed by atoms with van der Waals surface area (Å²) in [5, 5.41) is 15.1. The molecule has 0 bridgehead atoms. The Morgan fingerprint density at radius 3 is 2.84 bits per heavy atom. The minimum atomic E-state index is -1.06. The van der Waals surface area contributed by atoms with Crippen molar-refractivity contribution in [2.75, 3.05) is 19.6 Å². The first-order chi connectivity index (χ1) is 12.1. The number of carboxylic acid groups (broad SMARTS) is 1. The van der Waals surface area contributed by atoms with Gasteiger partial charge in [0, 0.05) is 5.56 Å². The zero-order valence-electron chi connectivity index (χ0n) is 13.7. The minimum absolute atomic E-state index is 0.112. The Balaban J connectivity index is 1.70. The lowest BCUT2D eigenvalue weighted by molar-refractivity contribution is -0.138. The van der Waals surface area contributed by atoms with Gasteiger partial charge in [-0.2, -0.15) is 4.98 Å². The number of amides is 1. The highest BCUT2D eigenvalue weighted by atomic mass is 16.5. The summed E-state index contributed by atoms with van der Waals surface area (Å²) in [6.07, 6.45) is 2.81. The number of piperidine rings is 1. The molecule has 2 aromatic rings. The molecular weight excluding hydrogens is 324 g/mol. The van der Waals surface area contributed by atoms with E-state index in [0.717, 1.165) is 31.4 Å². The quantitative estimate of drug-likeness (QED) is 0.816. The first-order valence-electron chi connectivity index (χ1n) is 8.25. The number of aliphatic carboxylic acids is 1. The van der Waals surface area contributed by atoms with Crippen molar-refractivity contribution in [3.63, 3.8) is 0 Å². The molecule has 0 aliphatic carbocycles. The van der Waals surface area contributed by atoms with Crippen LogP contribution in [0.5, 0.6) is 0 Å². The second-order valence-corrected chi connectivity index (χ2v) is 5.97. The van der Waals surface area contributed by atoms with Gasteiger partial charge in [0.25, 0.3) is 0 Å². The van der Waals surface area contributed by atoms with Crippen LogP contribution in [0.1, 0.15) is 31.2 Å². The van der Waals surface area contributed by atoms with Gasteiger partial charge in [0.1, 0.15) is 6.54 Å². The Bertz CT molecular complexity index is 731. The molecule has 1 amide bonds. The maximum Gasteiger partial charge on any atom is 0.322 e. The number of aromatic nitrogens is 2. The van der Waals surface area contributed by atoms with Gasteiger partial charge in [0.05, 0.1) is 12.6 Å². The third-order valence-electron chi connectivity index (χ3n) is 4.16. The second-order valence-electron chi connectivity index (χ2n) is 5.97. The highest BCUT2D eigenvalue weighted by molar-refractivity contribution is 5.82. The number of likely N-dealkylation sites (tertiary alicyclic amines) is 1. The zero-order valence-corrected chi connectivity index (χ0v) is 13.7. The SMILES string of the molecule is O=C(O)CNC(=O)CN1CCCCC1c1nc(-c2ccccc2)no1. The first kappa shape index (κ1) is 17.1. The average Bonchev–Trinajstić information content (AvgIpc) is 3.11. The number of nitrogens with zero attached hydrogens (tertiary/aromatic N) is 3. The summed E-state index contributed by atoms with van der Waals surface area (Å²) in [6.45, 7) is 0.464. The molecule has 0 radical (unpaired) electrons. The predicted molar refractivity (Wildman–Crippen MR) is 88.5 cm³/mol. The lowest BCUT2D eigenvalue weighted by Gasteiger charge is -2.32. The zero-order chi connectivity index (χ0) is 17.6. The largest absolute Gasteiger partial charge is 0.480 e. The van der Waals surface area contributed by atoms with Crippen LogP contribution >= 0.6 is 0 Å². The van der Waals surface area contributed by atoms with Crippen LogP contribution in [0, 0.1) is 0 Å². The van der Waals surface area contributed by atoms with E-state index in [2.05, 4.69) is 15.5 Å². The molecule has 0 saturated carbocycles. The van der Waals surface area contributed by atoms with E-state index in [1.807, 2.05) is 35.2 Å². The Labute approximate surface area is 144 Å². The van der Waals surface area contributed by atoms with Gasteiger partial charge in [-0.1, -0.05) is 41.9 Å². The Morgan fingerprint density at radius 2 is 2.08 bits per heavy atom. The van der Waals surface area contributed by atoms with Crippen LogP contribution in [0.15, 0.2) is 34.9 Å². The molecule has 2 heterocycles. The van der Waals surface area contributed by atoms with E-state index in [1.165, 1.54) is 0 Å². The molecule has 25 heavy (non-hydrogen) atoms. The van der Waals surface area contributed by atoms with Crippen LogP contribution in [0.25, 0.3) is 11.4 Å². The van der Waals surface area contributed by atoms with Crippen molar-refractivity contribution in [3.8, 4) is 11.4 Å². The van der Waals surface area contributed by atoms with Crippen molar-refractivity contribution in [3.05, 3.63) is 36.2 Å². The van der Waals surface area contributed by atoms with Gasteiger partial charge < -0.3 is 14.9 Å². The molecule has 1 aromatic heterocycles. The molecule has 8 nitrogen and oxygen atoms in total. The summed E-state index contributed by atoms with van der Waals surface area (Å²) >= 11 is 0. The molecule has 1 atom stereocenters. The summed E-state index contributed by atoms with van der Waals surface area (Å²) in [7, 11) is 0. The van der Waals surface area contributed by atoms with Gasteiger partial charge in [-0.3, -0.25) is 14.5 Å². The number of hydrogen-bond acceptors (Lipinski definition) is 6. The monoisotopic (exact) mass is 344 g/mol. The third kappa shape index (κ3) is 4.42. The lowest BCUT2D eigenvalue weighted by atomic mass is 10.0. The van der Waals surface area contributed by atoms with E-state index < -0.39 is 5.97 Å². The first-order valence-corrected chi connectivity index (χ1v) is 8.25. The van der Waals surface area contributed by atoms with Crippen molar-refractivity contribution in [2.45, 2.75) is 25.3 Å². The molecule has 0 spiro atoms. The number of carboxylic acids is 1. The van der Waals surface area contributed by atoms with Gasteiger partial charge in [-0.25, -0.2) is 0 Å². The van der Waals surface area contributed by atoms with Gasteiger partial charge in [0.15, 0.2) is 0 Å². The van der Waals surface area contributed by atoms with Crippen LogP contribution in [-0.4, -0.2) is 51.7 Å². The van der Waals surface area contributed by atoms with E-state index in [1.54, 1.807) is 0 Å². The summed E-state index contributed by atoms with van der Waals surface area (Å²) in [5.41, 5.74) is 0.874. The van der Waals surface area contributed by atoms with Gasteiger partial charge in [-0.05, 0) is 19.4 Å². The smallest absolute Gasteiger partial charge is 0.322 e. The standard InChI is InChI=1S/C17H20N4O4/c22-14(18-10-15(23)24)11-21-9-5-4-8-13(21)17-19-16(20-25-17)12-6-2-1-3-7-12/h1-3,6-7,13H,4-5,8-11H2,(H,18,22)(H,23,24). The molecule has 2 N–H and O–H groups in total. The van der Waals surface area contributed by atoms with Gasteiger partial charge in [-0.15, -0.1) is 0 Å². The van der Waals surface area contributed by atoms with Crippen molar-refractivity contribution in [1.82, 2.24) is 20.4 Å². The highest BCUT2D eigenvalue weighted by Gasteiger charge is 2.30. The summed E-state index contributed by atoms with van der Waals surface area (Å²) < 4.78 is 5.44. The van der Waals surface area contributed by atoms with E-state index in [4.69, 9.17) is 9.63 Å². The summed E-state index contributed by atoms with van der Waals surface area (Å²) in [5.74, 6) is -0.369. The summed E-state index contributed by atoms with van der Waals surface area (Å²) in [6, 6.07) is 9.42. The van der Waals surface area contributed by atoms with Crippen LogP contribution in [0.2, 0.25) is 0 Å². The minimum Gasteiger partial charge on any atom is -0.480 e. The number of nitrogens with one attached hydrogen (secondary N) is 1. The van der Waals surface area contributed by atoms with Crippen LogP contribution in [-0.2, 0) is 9.59 Å². The fraction of sp³-hybridized carbons (Fsp3) is 0.412. The number of carbonyl (C=O) groups excluding carboxylic acids is 1. The van der Waals surface area contributed by atoms with Crippen molar-refractivity contribution < 1.29 is 19.2 Å². The average molecular weight is 344 g/mol. The van der Waals surface area contributed by atoms with Gasteiger partial charge in [0.2, 0.25) is 17.6 Å². The van der Waals surface area contributed by atoms with E-state index >= 15 is 0 Å². The fourth-order valence-corrected chi connectivity index (χ4v) is 2.95. The fourth-order valence-electron chi connectivity index (χ4n) is 2.95. The van der Waals surface area contributed by atoms with E-state index in [0.29, 0.717) is 11.7 Å². The van der Waals surface area contributed by atoms with Crippen molar-refractivity contribution >= 4 is 11.9 Å². The molecular formula is C17H20N4O4. The highest BCUT2D eigenvalue weighted by Crippen LogP contribution is 2.30. The normalized spacial score (nSPS) is 18.0. The Kier molecular flexibility index (Phi) is 5.39. The van der Waals surface area contributed by atoms with Crippen molar-refractivity contribution in [2.24, 2.45) is 0 Å². The van der Waals surface area contributed by atoms with Crippen LogP contribution in [0.3, 0.4) is 0 Å². The number of rotatable bonds is 6. The second kappa shape index (κ2) is 7.89.